The molecule has 2 aromatic carbocycles. The molecule has 0 aliphatic heterocycles. The van der Waals surface area contributed by atoms with Gasteiger partial charge in [0.05, 0.1) is 33.1 Å². The van der Waals surface area contributed by atoms with Crippen molar-refractivity contribution in [1.82, 2.24) is 9.55 Å². The molecule has 0 atom stereocenters. The molecule has 1 N–H and O–H groups in total. The zero-order valence-electron chi connectivity index (χ0n) is 25.1. The van der Waals surface area contributed by atoms with E-state index in [0.29, 0.717) is 24.5 Å². The van der Waals surface area contributed by atoms with Crippen LogP contribution < -0.4 is 118 Å². The molecule has 0 fully saturated rings. The molecule has 2 aromatic heterocycles. The molecule has 0 unspecified atom stereocenters. The molecule has 0 radical (unpaired) electrons. The molecule has 2 heterocycles. The van der Waals surface area contributed by atoms with Gasteiger partial charge in [-0.3, -0.25) is 18.8 Å². The number of aromatic nitrogens is 2. The summed E-state index contributed by atoms with van der Waals surface area (Å²) in [6.45, 7) is 1.78. The van der Waals surface area contributed by atoms with E-state index in [0.717, 1.165) is 36.0 Å². The number of nitrogens with one attached hydrogen (secondary N) is 1. The Hall–Kier alpha value is -0.947. The number of benzene rings is 2. The van der Waals surface area contributed by atoms with Crippen LogP contribution in [0.15, 0.2) is 97.3 Å². The van der Waals surface area contributed by atoms with Gasteiger partial charge in [-0.25, -0.2) is 0 Å². The van der Waals surface area contributed by atoms with Crippen LogP contribution in [-0.4, -0.2) is 54.3 Å². The van der Waals surface area contributed by atoms with Crippen LogP contribution in [0.5, 0.6) is 11.5 Å². The Balaban J connectivity index is -0.000000245. The summed E-state index contributed by atoms with van der Waals surface area (Å²) in [5.74, 6) is 1.78. The average molecular weight is 687 g/mol. The zero-order valence-corrected chi connectivity index (χ0v) is 30.9. The molecular formula is C28H32BrFK2N2O7. The zero-order chi connectivity index (χ0) is 29.7. The quantitative estimate of drug-likeness (QED) is 0.0733. The van der Waals surface area contributed by atoms with Crippen molar-refractivity contribution in [2.45, 2.75) is 6.54 Å². The van der Waals surface area contributed by atoms with Gasteiger partial charge in [0.1, 0.15) is 18.1 Å². The van der Waals surface area contributed by atoms with Crippen LogP contribution >= 0.6 is 15.9 Å². The third kappa shape index (κ3) is 24.2. The van der Waals surface area contributed by atoms with Crippen LogP contribution in [-0.2, 0) is 16.2 Å². The Morgan fingerprint density at radius 2 is 1.44 bits per heavy atom. The minimum atomic E-state index is -1.00. The Kier molecular flexibility index (Phi) is 34.5. The topological polar surface area (TPSA) is 123 Å². The Labute approximate surface area is 335 Å². The van der Waals surface area contributed by atoms with E-state index < -0.39 is 7.15 Å². The van der Waals surface area contributed by atoms with Crippen molar-refractivity contribution in [1.29, 1.82) is 0 Å². The average Bonchev–Trinajstić information content (AvgIpc) is 3.71. The maximum atomic E-state index is 10.7. The first-order chi connectivity index (χ1) is 19.6. The number of carbonyl (C=O) groups excluding carboxylic acids is 3. The molecule has 0 aliphatic carbocycles. The van der Waals surface area contributed by atoms with Crippen molar-refractivity contribution in [2.75, 3.05) is 25.7 Å². The van der Waals surface area contributed by atoms with Gasteiger partial charge in [0.2, 0.25) is 0 Å². The summed E-state index contributed by atoms with van der Waals surface area (Å²) < 4.78 is 28.2. The van der Waals surface area contributed by atoms with Gasteiger partial charge in [0, 0.05) is 17.7 Å². The predicted molar refractivity (Wildman–Crippen MR) is 149 cm³/mol. The number of alkyl halides is 2. The van der Waals surface area contributed by atoms with E-state index in [1.165, 1.54) is 0 Å². The first-order valence-corrected chi connectivity index (χ1v) is 12.4. The predicted octanol–water partition coefficient (Wildman–Crippen LogP) is -1.19. The van der Waals surface area contributed by atoms with Crippen LogP contribution in [0.2, 0.25) is 0 Å². The minimum Gasteiger partial charge on any atom is -1.00 e. The van der Waals surface area contributed by atoms with E-state index in [2.05, 4.69) is 25.8 Å². The molecule has 0 bridgehead atoms. The van der Waals surface area contributed by atoms with E-state index in [1.807, 2.05) is 77.5 Å². The van der Waals surface area contributed by atoms with Crippen molar-refractivity contribution in [3.8, 4) is 11.5 Å². The molecule has 4 aromatic rings. The van der Waals surface area contributed by atoms with Gasteiger partial charge in [-0.05, 0) is 48.5 Å². The summed E-state index contributed by atoms with van der Waals surface area (Å²) in [6, 6.07) is 26.6. The SMILES string of the molecule is BrCCOc1ccccc1.O=CO[O-].O=Cc1ccc[nH]1.O=Cc1cccn1CCOc1ccccc1.[2H]CF.[H-].[K+].[K+]. The number of rotatable bonds is 10. The third-order valence-corrected chi connectivity index (χ3v) is 4.53. The van der Waals surface area contributed by atoms with Gasteiger partial charge < -0.3 is 30.6 Å². The van der Waals surface area contributed by atoms with Crippen LogP contribution in [0, 0.1) is 0 Å². The van der Waals surface area contributed by atoms with Crippen molar-refractivity contribution in [2.24, 2.45) is 0 Å². The number of hydrogen-bond acceptors (Lipinski definition) is 7. The van der Waals surface area contributed by atoms with E-state index in [1.54, 1.807) is 24.4 Å². The summed E-state index contributed by atoms with van der Waals surface area (Å²) in [4.78, 5) is 34.5. The summed E-state index contributed by atoms with van der Waals surface area (Å²) >= 11 is 3.28. The van der Waals surface area contributed by atoms with E-state index in [9.17, 15) is 14.0 Å². The second kappa shape index (κ2) is 33.6. The largest absolute Gasteiger partial charge is 1.00 e. The summed E-state index contributed by atoms with van der Waals surface area (Å²) in [5.41, 5.74) is 1.30. The number of nitrogens with zero attached hydrogens (tertiary/aromatic N) is 1. The molecule has 41 heavy (non-hydrogen) atoms. The molecule has 0 saturated heterocycles. The third-order valence-electron chi connectivity index (χ3n) is 4.21. The fourth-order valence-electron chi connectivity index (χ4n) is 2.61. The monoisotopic (exact) mass is 685 g/mol. The van der Waals surface area contributed by atoms with Crippen LogP contribution in [0.3, 0.4) is 0 Å². The smallest absolute Gasteiger partial charge is 1.00 e. The maximum Gasteiger partial charge on any atom is 1.00 e. The summed E-state index contributed by atoms with van der Waals surface area (Å²) in [7, 11) is -1.00. The van der Waals surface area contributed by atoms with Gasteiger partial charge in [0.15, 0.2) is 12.6 Å². The molecule has 13 heteroatoms. The van der Waals surface area contributed by atoms with Crippen LogP contribution in [0.1, 0.15) is 23.8 Å². The van der Waals surface area contributed by atoms with Gasteiger partial charge in [-0.15, -0.1) is 0 Å². The van der Waals surface area contributed by atoms with Crippen molar-refractivity contribution < 1.29 is 144 Å². The first-order valence-electron chi connectivity index (χ1n) is 12.0. The standard InChI is InChI=1S/C13H13NO2.C8H9BrO.C5H5NO.CH3F.CH2O3.2K.H/c15-11-12-5-4-8-14(12)9-10-16-13-6-2-1-3-7-13;9-6-7-10-8-4-2-1-3-5-8;7-4-5-2-1-3-6-5;1-2;2-1-4-3;;;/h1-8,11H,9-10H2;1-5H,6-7H2;1-4,6H;1H3;1,3H;;;/q;;;;;2*+1;-1/p-1/i;;;1D;;;;. The number of halogens is 2. The van der Waals surface area contributed by atoms with E-state index in [4.69, 9.17) is 20.9 Å². The van der Waals surface area contributed by atoms with Gasteiger partial charge >= 0.3 is 103 Å². The molecule has 9 nitrogen and oxygen atoms in total. The Morgan fingerprint density at radius 1 is 0.902 bits per heavy atom. The second-order valence-corrected chi connectivity index (χ2v) is 7.49. The van der Waals surface area contributed by atoms with Crippen LogP contribution in [0.4, 0.5) is 4.39 Å². The number of ether oxygens (including phenoxy) is 2. The van der Waals surface area contributed by atoms with Crippen LogP contribution in [0.25, 0.3) is 0 Å². The fraction of sp³-hybridized carbons (Fsp3) is 0.179. The molecule has 212 valence electrons. The molecule has 0 spiro atoms. The molecule has 0 aliphatic rings. The van der Waals surface area contributed by atoms with Crippen molar-refractivity contribution >= 4 is 35.0 Å². The molecule has 0 saturated carbocycles. The summed E-state index contributed by atoms with van der Waals surface area (Å²) in [6.07, 6.45) is 5.21. The Bertz CT molecular complexity index is 1130. The minimum absolute atomic E-state index is 0. The van der Waals surface area contributed by atoms with Crippen molar-refractivity contribution in [3.05, 3.63) is 109 Å². The van der Waals surface area contributed by atoms with Gasteiger partial charge in [0.25, 0.3) is 6.47 Å². The normalized spacial score (nSPS) is 8.61. The number of hydrogen-bond donors (Lipinski definition) is 1. The van der Waals surface area contributed by atoms with Crippen molar-refractivity contribution in [3.63, 3.8) is 0 Å². The maximum absolute atomic E-state index is 10.7. The first kappa shape index (κ1) is 42.2. The van der Waals surface area contributed by atoms with Gasteiger partial charge in [-0.2, -0.15) is 0 Å². The number of carbonyl (C=O) groups is 3. The molecule has 4 rings (SSSR count). The summed E-state index contributed by atoms with van der Waals surface area (Å²) in [5, 5.41) is 9.31. The number of aromatic amines is 1. The number of H-pyrrole nitrogens is 1. The van der Waals surface area contributed by atoms with E-state index >= 15 is 0 Å². The second-order valence-electron chi connectivity index (χ2n) is 6.69. The molecular weight excluding hydrogens is 653 g/mol. The number of aldehydes is 2. The van der Waals surface area contributed by atoms with Gasteiger partial charge in [-0.1, -0.05) is 52.3 Å². The van der Waals surface area contributed by atoms with E-state index in [-0.39, 0.29) is 111 Å². The Morgan fingerprint density at radius 3 is 1.83 bits per heavy atom. The number of para-hydroxylation sites is 2. The fourth-order valence-corrected chi connectivity index (χ4v) is 2.77. The molecule has 0 amide bonds.